The van der Waals surface area contributed by atoms with Crippen LogP contribution in [0.15, 0.2) is 34.1 Å². The smallest absolute Gasteiger partial charge is 0.379 e. The van der Waals surface area contributed by atoms with Crippen LogP contribution in [0.2, 0.25) is 10.0 Å². The first-order chi connectivity index (χ1) is 14.7. The zero-order chi connectivity index (χ0) is 22.8. The van der Waals surface area contributed by atoms with Gasteiger partial charge >= 0.3 is 21.8 Å². The summed E-state index contributed by atoms with van der Waals surface area (Å²) in [7, 11) is -4.45. The highest BCUT2D eigenvalue weighted by atomic mass is 35.5. The van der Waals surface area contributed by atoms with Gasteiger partial charge in [-0.25, -0.2) is 4.98 Å². The van der Waals surface area contributed by atoms with Crippen molar-refractivity contribution in [3.8, 4) is 0 Å². The summed E-state index contributed by atoms with van der Waals surface area (Å²) in [6.45, 7) is 1.87. The summed E-state index contributed by atoms with van der Waals surface area (Å²) in [6.07, 6.45) is 2.25. The fourth-order valence-corrected chi connectivity index (χ4v) is 5.34. The molecule has 15 heteroatoms. The molecule has 3 rings (SSSR count). The molecule has 31 heavy (non-hydrogen) atoms. The monoisotopic (exact) mass is 508 g/mol. The first-order valence-corrected chi connectivity index (χ1v) is 12.0. The van der Waals surface area contributed by atoms with Crippen LogP contribution in [0.1, 0.15) is 31.7 Å². The molecule has 0 fully saturated rings. The van der Waals surface area contributed by atoms with Gasteiger partial charge in [-0.2, -0.15) is 14.3 Å². The molecule has 0 spiro atoms. The molecule has 0 unspecified atom stereocenters. The van der Waals surface area contributed by atoms with E-state index in [4.69, 9.17) is 33.9 Å². The molecule has 0 aliphatic carbocycles. The lowest BCUT2D eigenvalue weighted by molar-refractivity contribution is -0.698. The number of sulfonamides is 1. The Morgan fingerprint density at radius 2 is 2.13 bits per heavy atom. The third-order valence-electron chi connectivity index (χ3n) is 4.10. The van der Waals surface area contributed by atoms with Crippen molar-refractivity contribution in [1.29, 1.82) is 0 Å². The summed E-state index contributed by atoms with van der Waals surface area (Å²) in [5.74, 6) is 4.59. The maximum atomic E-state index is 13.3. The Balaban J connectivity index is 2.03. The lowest BCUT2D eigenvalue weighted by atomic mass is 10.1. The van der Waals surface area contributed by atoms with Crippen molar-refractivity contribution in [2.45, 2.75) is 36.9 Å². The van der Waals surface area contributed by atoms with Gasteiger partial charge in [-0.1, -0.05) is 42.6 Å². The Morgan fingerprint density at radius 1 is 1.39 bits per heavy atom. The first-order valence-electron chi connectivity index (χ1n) is 8.94. The number of nitrogens with two attached hydrogens (primary N) is 1. The van der Waals surface area contributed by atoms with E-state index >= 15 is 0 Å². The SMILES string of the molecule is CCCCC(=O)ON1N(N)[N+]([O-])=C(Cc2ccc(Cl)cc2Cl)N1S(=O)(=O)c1nccs1. The van der Waals surface area contributed by atoms with Gasteiger partial charge in [-0.15, -0.1) is 16.2 Å². The minimum absolute atomic E-state index is 0.00316. The van der Waals surface area contributed by atoms with E-state index in [0.29, 0.717) is 38.4 Å². The van der Waals surface area contributed by atoms with E-state index in [0.717, 1.165) is 11.3 Å². The molecule has 2 heterocycles. The molecule has 0 saturated heterocycles. The van der Waals surface area contributed by atoms with Crippen LogP contribution in [-0.4, -0.2) is 45.0 Å². The number of carbonyl (C=O) groups excluding carboxylic acids is 1. The summed E-state index contributed by atoms with van der Waals surface area (Å²) < 4.78 is 26.7. The van der Waals surface area contributed by atoms with Crippen molar-refractivity contribution in [3.05, 3.63) is 50.6 Å². The predicted molar refractivity (Wildman–Crippen MR) is 113 cm³/mol. The average molecular weight is 509 g/mol. The number of hydrogen-bond acceptors (Lipinski definition) is 10. The van der Waals surface area contributed by atoms with Crippen molar-refractivity contribution in [2.75, 3.05) is 0 Å². The molecule has 0 amide bonds. The number of halogens is 2. The van der Waals surface area contributed by atoms with Crippen molar-refractivity contribution in [2.24, 2.45) is 5.84 Å². The Labute approximate surface area is 192 Å². The van der Waals surface area contributed by atoms with Crippen LogP contribution in [0.3, 0.4) is 0 Å². The predicted octanol–water partition coefficient (Wildman–Crippen LogP) is 2.48. The van der Waals surface area contributed by atoms with E-state index in [1.165, 1.54) is 29.8 Å². The third kappa shape index (κ3) is 4.86. The van der Waals surface area contributed by atoms with Gasteiger partial charge in [0.1, 0.15) is 0 Å². The molecule has 1 aliphatic rings. The number of hydrogen-bond donors (Lipinski definition) is 1. The molecular formula is C16H18Cl2N6O5S2. The number of amidine groups is 1. The van der Waals surface area contributed by atoms with Crippen molar-refractivity contribution in [3.63, 3.8) is 0 Å². The van der Waals surface area contributed by atoms with Crippen molar-refractivity contribution in [1.82, 2.24) is 19.9 Å². The largest absolute Gasteiger partial charge is 0.690 e. The second-order valence-corrected chi connectivity index (χ2v) is 9.97. The third-order valence-corrected chi connectivity index (χ3v) is 7.52. The molecular weight excluding hydrogens is 491 g/mol. The molecule has 1 aromatic carbocycles. The summed E-state index contributed by atoms with van der Waals surface area (Å²) in [4.78, 5) is 21.2. The van der Waals surface area contributed by atoms with Gasteiger partial charge < -0.3 is 10.0 Å². The van der Waals surface area contributed by atoms with E-state index < -0.39 is 16.0 Å². The summed E-state index contributed by atoms with van der Waals surface area (Å²) in [6, 6.07) is 4.53. The number of rotatable bonds is 8. The Kier molecular flexibility index (Phi) is 7.24. The van der Waals surface area contributed by atoms with Gasteiger partial charge in [0, 0.05) is 28.0 Å². The van der Waals surface area contributed by atoms with E-state index in [1.807, 2.05) is 6.92 Å². The van der Waals surface area contributed by atoms with E-state index in [1.54, 1.807) is 0 Å². The van der Waals surface area contributed by atoms with Crippen LogP contribution in [0.25, 0.3) is 0 Å². The number of nitrogens with zero attached hydrogens (tertiary/aromatic N) is 5. The number of thiazole rings is 1. The minimum Gasteiger partial charge on any atom is -0.690 e. The molecule has 0 radical (unpaired) electrons. The maximum Gasteiger partial charge on any atom is 0.379 e. The Bertz CT molecular complexity index is 1100. The molecule has 0 bridgehead atoms. The highest BCUT2D eigenvalue weighted by molar-refractivity contribution is 7.91. The van der Waals surface area contributed by atoms with Crippen molar-refractivity contribution < 1.29 is 22.9 Å². The van der Waals surface area contributed by atoms with Gasteiger partial charge in [0.15, 0.2) is 5.28 Å². The summed E-state index contributed by atoms with van der Waals surface area (Å²) in [5.41, 5.74) is 0.397. The van der Waals surface area contributed by atoms with Crippen LogP contribution in [0.5, 0.6) is 0 Å². The topological polar surface area (TPSA) is 135 Å². The average Bonchev–Trinajstić information content (AvgIpc) is 3.33. The van der Waals surface area contributed by atoms with Gasteiger partial charge in [0.05, 0.1) is 6.42 Å². The standard InChI is InChI=1S/C16H18Cl2N6O5S2/c1-2-3-4-15(25)29-24-22(31(27,28)16-20-7-8-30-16)14(21(26)23(24)19)9-11-5-6-12(17)10-13(11)18/h5-8,10H,2-4,9,19H2,1H3. The molecule has 0 atom stereocenters. The highest BCUT2D eigenvalue weighted by Gasteiger charge is 2.54. The van der Waals surface area contributed by atoms with Crippen molar-refractivity contribution >= 4 is 56.4 Å². The normalized spacial score (nSPS) is 15.1. The number of hydrazone groups is 1. The second kappa shape index (κ2) is 9.54. The summed E-state index contributed by atoms with van der Waals surface area (Å²) in [5, 5.41) is 15.5. The highest BCUT2D eigenvalue weighted by Crippen LogP contribution is 2.28. The number of carbonyl (C=O) groups is 1. The van der Waals surface area contributed by atoms with Gasteiger partial charge in [0.25, 0.3) is 4.34 Å². The number of benzene rings is 1. The lowest BCUT2D eigenvalue weighted by Gasteiger charge is -2.22. The molecule has 2 aromatic rings. The number of aromatic nitrogens is 1. The summed E-state index contributed by atoms with van der Waals surface area (Å²) >= 11 is 12.9. The molecule has 1 aromatic heterocycles. The Morgan fingerprint density at radius 3 is 2.74 bits per heavy atom. The first kappa shape index (κ1) is 23.5. The maximum absolute atomic E-state index is 13.3. The fourth-order valence-electron chi connectivity index (χ4n) is 2.59. The van der Waals surface area contributed by atoms with Gasteiger partial charge in [-0.05, 0) is 33.8 Å². The van der Waals surface area contributed by atoms with Crippen LogP contribution >= 0.6 is 34.5 Å². The van der Waals surface area contributed by atoms with E-state index in [9.17, 15) is 18.4 Å². The quantitative estimate of drug-likeness (QED) is 0.323. The fraction of sp³-hybridized carbons (Fsp3) is 0.312. The molecule has 2 N–H and O–H groups in total. The molecule has 11 nitrogen and oxygen atoms in total. The van der Waals surface area contributed by atoms with E-state index in [2.05, 4.69) is 4.98 Å². The van der Waals surface area contributed by atoms with Crippen LogP contribution in [0.4, 0.5) is 0 Å². The minimum atomic E-state index is -4.45. The molecule has 168 valence electrons. The second-order valence-electron chi connectivity index (χ2n) is 6.29. The van der Waals surface area contributed by atoms with Gasteiger partial charge in [-0.3, -0.25) is 4.79 Å². The van der Waals surface area contributed by atoms with Gasteiger partial charge in [0.2, 0.25) is 0 Å². The van der Waals surface area contributed by atoms with Crippen LogP contribution in [0, 0.1) is 5.21 Å². The Hall–Kier alpha value is -2.16. The molecule has 0 saturated carbocycles. The van der Waals surface area contributed by atoms with Crippen LogP contribution in [-0.2, 0) is 26.1 Å². The zero-order valence-electron chi connectivity index (χ0n) is 16.1. The number of hydrazine groups is 4. The lowest BCUT2D eigenvalue weighted by Crippen LogP contribution is -2.54. The zero-order valence-corrected chi connectivity index (χ0v) is 19.3. The molecule has 1 aliphatic heterocycles. The number of unbranched alkanes of at least 4 members (excludes halogenated alkanes) is 1. The van der Waals surface area contributed by atoms with Crippen LogP contribution < -0.4 is 5.84 Å². The van der Waals surface area contributed by atoms with E-state index in [-0.39, 0.29) is 32.9 Å².